The monoisotopic (exact) mass is 1490 g/mol. The summed E-state index contributed by atoms with van der Waals surface area (Å²) in [4.78, 5) is 73.1. The van der Waals surface area contributed by atoms with Gasteiger partial charge in [0.2, 0.25) is 0 Å². The number of esters is 4. The van der Waals surface area contributed by atoms with Crippen molar-refractivity contribution in [3.05, 3.63) is 0 Å². The number of carbonyl (C=O) groups excluding carboxylic acids is 4. The van der Waals surface area contributed by atoms with E-state index in [0.717, 1.165) is 114 Å². The molecule has 3 N–H and O–H groups in total. The van der Waals surface area contributed by atoms with Gasteiger partial charge in [-0.25, -0.2) is 9.13 Å². The van der Waals surface area contributed by atoms with Crippen LogP contribution in [0.25, 0.3) is 0 Å². The molecule has 0 bridgehead atoms. The molecule has 17 nitrogen and oxygen atoms in total. The van der Waals surface area contributed by atoms with Gasteiger partial charge in [0.1, 0.15) is 19.3 Å². The van der Waals surface area contributed by atoms with E-state index >= 15 is 0 Å². The molecule has 0 aromatic carbocycles. The van der Waals surface area contributed by atoms with E-state index in [1.165, 1.54) is 225 Å². The predicted octanol–water partition coefficient (Wildman–Crippen LogP) is 24.8. The number of carbonyl (C=O) groups is 4. The fourth-order valence-electron chi connectivity index (χ4n) is 12.8. The second kappa shape index (κ2) is 72.0. The summed E-state index contributed by atoms with van der Waals surface area (Å²) in [6, 6.07) is 0. The summed E-state index contributed by atoms with van der Waals surface area (Å²) < 4.78 is 68.7. The number of unbranched alkanes of at least 4 members (excludes halogenated alkanes) is 46. The lowest BCUT2D eigenvalue weighted by Crippen LogP contribution is -2.30. The maximum absolute atomic E-state index is 13.1. The second-order valence-electron chi connectivity index (χ2n) is 31.8. The smallest absolute Gasteiger partial charge is 0.462 e. The van der Waals surface area contributed by atoms with Gasteiger partial charge in [0.25, 0.3) is 0 Å². The summed E-state index contributed by atoms with van der Waals surface area (Å²) in [7, 11) is -9.92. The van der Waals surface area contributed by atoms with Crippen molar-refractivity contribution >= 4 is 39.5 Å². The summed E-state index contributed by atoms with van der Waals surface area (Å²) in [5, 5.41) is 10.6. The highest BCUT2D eigenvalue weighted by atomic mass is 31.2. The highest BCUT2D eigenvalue weighted by molar-refractivity contribution is 7.47. The van der Waals surface area contributed by atoms with Gasteiger partial charge in [0.05, 0.1) is 26.4 Å². The molecule has 0 spiro atoms. The number of rotatable bonds is 80. The van der Waals surface area contributed by atoms with E-state index in [1.54, 1.807) is 0 Å². The lowest BCUT2D eigenvalue weighted by atomic mass is 10.0. The second-order valence-corrected chi connectivity index (χ2v) is 34.7. The number of ether oxygens (including phenoxy) is 4. The van der Waals surface area contributed by atoms with E-state index in [4.69, 9.17) is 37.0 Å². The molecule has 0 aromatic heterocycles. The van der Waals surface area contributed by atoms with Crippen molar-refractivity contribution in [3.63, 3.8) is 0 Å². The minimum Gasteiger partial charge on any atom is -0.462 e. The van der Waals surface area contributed by atoms with Crippen LogP contribution in [0.4, 0.5) is 0 Å². The normalized spacial score (nSPS) is 14.0. The minimum absolute atomic E-state index is 0.107. The van der Waals surface area contributed by atoms with Gasteiger partial charge < -0.3 is 33.8 Å². The number of phosphoric acid groups is 2. The number of hydrogen-bond acceptors (Lipinski definition) is 15. The van der Waals surface area contributed by atoms with Gasteiger partial charge in [0, 0.05) is 25.7 Å². The molecule has 0 aliphatic heterocycles. The zero-order valence-corrected chi connectivity index (χ0v) is 69.0. The van der Waals surface area contributed by atoms with Crippen molar-refractivity contribution < 1.29 is 80.2 Å². The van der Waals surface area contributed by atoms with Crippen LogP contribution in [0, 0.1) is 23.7 Å². The summed E-state index contributed by atoms with van der Waals surface area (Å²) >= 11 is 0. The first-order valence-electron chi connectivity index (χ1n) is 42.7. The molecule has 0 aliphatic rings. The van der Waals surface area contributed by atoms with Gasteiger partial charge in [-0.1, -0.05) is 376 Å². The molecular weight excluding hydrogens is 1330 g/mol. The Balaban J connectivity index is 5.20. The molecule has 0 radical (unpaired) electrons. The van der Waals surface area contributed by atoms with Crippen LogP contribution in [0.3, 0.4) is 0 Å². The average Bonchev–Trinajstić information content (AvgIpc) is 0.906. The molecular formula is C83H162O17P2. The predicted molar refractivity (Wildman–Crippen MR) is 418 cm³/mol. The maximum atomic E-state index is 13.1. The molecule has 606 valence electrons. The maximum Gasteiger partial charge on any atom is 0.472 e. The lowest BCUT2D eigenvalue weighted by molar-refractivity contribution is -0.161. The van der Waals surface area contributed by atoms with Crippen LogP contribution < -0.4 is 0 Å². The van der Waals surface area contributed by atoms with Crippen LogP contribution in [-0.4, -0.2) is 96.7 Å². The topological polar surface area (TPSA) is 237 Å². The van der Waals surface area contributed by atoms with Gasteiger partial charge >= 0.3 is 39.5 Å². The van der Waals surface area contributed by atoms with Crippen LogP contribution in [0.1, 0.15) is 428 Å². The molecule has 19 heteroatoms. The fraction of sp³-hybridized carbons (Fsp3) is 0.952. The van der Waals surface area contributed by atoms with Gasteiger partial charge in [-0.15, -0.1) is 0 Å². The Kier molecular flexibility index (Phi) is 70.6. The average molecular weight is 1490 g/mol. The highest BCUT2D eigenvalue weighted by Crippen LogP contribution is 2.45. The van der Waals surface area contributed by atoms with Crippen LogP contribution in [-0.2, 0) is 65.4 Å². The Labute approximate surface area is 626 Å². The van der Waals surface area contributed by atoms with Crippen molar-refractivity contribution in [1.82, 2.24) is 0 Å². The Bertz CT molecular complexity index is 1990. The standard InChI is InChI=1S/C83H162O17P2/c1-73(2)59-51-43-35-29-23-17-13-9-11-15-19-26-32-38-47-55-63-80(85)93-69-78(99-82(87)66-58-50-40-34-28-22-21-25-31-37-45-53-61-75(5)6)71-97-101(89,90)95-67-77(84)68-96-102(91,92)98-72-79(70-94-81(86)64-56-48-42-41-46-54-62-76(7)8)100-83(88)65-57-49-39-33-27-20-16-12-10-14-18-24-30-36-44-52-60-74(3)4/h73-79,84H,9-72H2,1-8H3,(H,89,90)(H,91,92)/t77?,78-,79-/m1/s1. The number of hydrogen-bond donors (Lipinski definition) is 3. The van der Waals surface area contributed by atoms with E-state index < -0.39 is 97.5 Å². The third kappa shape index (κ3) is 76.3. The molecule has 0 aliphatic carbocycles. The van der Waals surface area contributed by atoms with Crippen LogP contribution in [0.5, 0.6) is 0 Å². The quantitative estimate of drug-likeness (QED) is 0.0222. The number of aliphatic hydroxyl groups is 1. The summed E-state index contributed by atoms with van der Waals surface area (Å²) in [6.45, 7) is 14.2. The van der Waals surface area contributed by atoms with Crippen molar-refractivity contribution in [1.29, 1.82) is 0 Å². The van der Waals surface area contributed by atoms with E-state index in [9.17, 15) is 43.2 Å². The van der Waals surface area contributed by atoms with Crippen LogP contribution in [0.15, 0.2) is 0 Å². The van der Waals surface area contributed by atoms with E-state index in [0.29, 0.717) is 31.6 Å². The third-order valence-corrected chi connectivity index (χ3v) is 21.2. The molecule has 0 fully saturated rings. The molecule has 0 heterocycles. The molecule has 3 unspecified atom stereocenters. The molecule has 0 amide bonds. The molecule has 0 aromatic rings. The SMILES string of the molecule is CC(C)CCCCCCCCCCCCCCCCCCC(=O)OC[C@H](COP(=O)(O)OCC(O)COP(=O)(O)OC[C@@H](COC(=O)CCCCCCCCC(C)C)OC(=O)CCCCCCCCCCCCCCCCCCC(C)C)OC(=O)CCCCCCCCCCCCCCC(C)C. The molecule has 0 saturated heterocycles. The molecule has 0 rings (SSSR count). The van der Waals surface area contributed by atoms with E-state index in [2.05, 4.69) is 55.4 Å². The van der Waals surface area contributed by atoms with Crippen molar-refractivity contribution in [2.45, 2.75) is 446 Å². The van der Waals surface area contributed by atoms with Gasteiger partial charge in [0.15, 0.2) is 12.2 Å². The Morgan fingerprint density at radius 1 is 0.245 bits per heavy atom. The largest absolute Gasteiger partial charge is 0.472 e. The molecule has 5 atom stereocenters. The highest BCUT2D eigenvalue weighted by Gasteiger charge is 2.30. The van der Waals surface area contributed by atoms with E-state index in [-0.39, 0.29) is 25.7 Å². The minimum atomic E-state index is -4.96. The lowest BCUT2D eigenvalue weighted by Gasteiger charge is -2.21. The van der Waals surface area contributed by atoms with Crippen LogP contribution >= 0.6 is 15.6 Å². The summed E-state index contributed by atoms with van der Waals surface area (Å²) in [6.07, 6.45) is 59.9. The Morgan fingerprint density at radius 2 is 0.412 bits per heavy atom. The Hall–Kier alpha value is -1.94. The zero-order chi connectivity index (χ0) is 75.3. The van der Waals surface area contributed by atoms with Crippen molar-refractivity contribution in [3.8, 4) is 0 Å². The fourth-order valence-corrected chi connectivity index (χ4v) is 14.4. The van der Waals surface area contributed by atoms with Gasteiger partial charge in [-0.05, 0) is 49.4 Å². The first kappa shape index (κ1) is 100. The number of phosphoric ester groups is 2. The molecule has 102 heavy (non-hydrogen) atoms. The first-order chi connectivity index (χ1) is 49.1. The molecule has 0 saturated carbocycles. The number of aliphatic hydroxyl groups excluding tert-OH is 1. The van der Waals surface area contributed by atoms with E-state index in [1.807, 2.05) is 0 Å². The Morgan fingerprint density at radius 3 is 0.608 bits per heavy atom. The van der Waals surface area contributed by atoms with Gasteiger partial charge in [-0.3, -0.25) is 37.3 Å². The summed E-state index contributed by atoms with van der Waals surface area (Å²) in [5.41, 5.74) is 0. The van der Waals surface area contributed by atoms with Crippen molar-refractivity contribution in [2.24, 2.45) is 23.7 Å². The van der Waals surface area contributed by atoms with Crippen molar-refractivity contribution in [2.75, 3.05) is 39.6 Å². The zero-order valence-electron chi connectivity index (χ0n) is 67.2. The first-order valence-corrected chi connectivity index (χ1v) is 45.7. The van der Waals surface area contributed by atoms with Gasteiger partial charge in [-0.2, -0.15) is 0 Å². The third-order valence-electron chi connectivity index (χ3n) is 19.3. The summed E-state index contributed by atoms with van der Waals surface area (Å²) in [5.74, 6) is 0.965. The van der Waals surface area contributed by atoms with Crippen LogP contribution in [0.2, 0.25) is 0 Å².